The molecule has 61 valence electrons. The molecule has 1 aliphatic rings. The molecule has 12 heavy (non-hydrogen) atoms. The van der Waals surface area contributed by atoms with Crippen molar-refractivity contribution in [3.8, 4) is 0 Å². The Morgan fingerprint density at radius 2 is 2.33 bits per heavy atom. The lowest BCUT2D eigenvalue weighted by atomic mass is 10.1. The summed E-state index contributed by atoms with van der Waals surface area (Å²) in [6, 6.07) is 5.08. The number of nitrogens with one attached hydrogen (secondary N) is 1. The number of carbonyl (C=O) groups excluding carboxylic acids is 1. The molecule has 0 fully saturated rings. The Labute approximate surface area is 74.7 Å². The van der Waals surface area contributed by atoms with Gasteiger partial charge in [-0.25, -0.2) is 10.9 Å². The summed E-state index contributed by atoms with van der Waals surface area (Å²) in [5.74, 6) is 0.0301. The van der Waals surface area contributed by atoms with Crippen LogP contribution in [0.1, 0.15) is 10.4 Å². The summed E-state index contributed by atoms with van der Waals surface area (Å²) in [7, 11) is 0. The number of halogens is 1. The topological polar surface area (TPSA) is 43.2 Å². The van der Waals surface area contributed by atoms with Gasteiger partial charge in [0.2, 0.25) is 0 Å². The fraction of sp³-hybridized carbons (Fsp3) is 0.125. The SMILES string of the molecule is O=C1CN[N]c2ccc(Cl)cc21. The van der Waals surface area contributed by atoms with Gasteiger partial charge in [0.25, 0.3) is 0 Å². The van der Waals surface area contributed by atoms with E-state index in [2.05, 4.69) is 10.9 Å². The molecule has 1 N–H and O–H groups in total. The molecule has 0 saturated heterocycles. The van der Waals surface area contributed by atoms with E-state index in [1.54, 1.807) is 18.2 Å². The molecule has 0 saturated carbocycles. The average Bonchev–Trinajstić information content (AvgIpc) is 2.07. The average molecular weight is 182 g/mol. The Kier molecular flexibility index (Phi) is 1.75. The van der Waals surface area contributed by atoms with Gasteiger partial charge in [-0.15, -0.1) is 0 Å². The Hall–Kier alpha value is -1.06. The second kappa shape index (κ2) is 2.77. The summed E-state index contributed by atoms with van der Waals surface area (Å²) in [5, 5.41) is 0.569. The Morgan fingerprint density at radius 3 is 3.17 bits per heavy atom. The van der Waals surface area contributed by atoms with Crippen LogP contribution in [0.5, 0.6) is 0 Å². The number of benzene rings is 1. The molecular weight excluding hydrogens is 176 g/mol. The van der Waals surface area contributed by atoms with Gasteiger partial charge in [-0.05, 0) is 18.2 Å². The molecule has 0 amide bonds. The standard InChI is InChI=1S/C8H6ClN2O/c9-5-1-2-7-6(3-5)8(12)4-10-11-7/h1-3,10H,4H2. The molecular formula is C8H6ClN2O. The second-order valence-corrected chi connectivity index (χ2v) is 2.97. The van der Waals surface area contributed by atoms with E-state index in [0.29, 0.717) is 16.3 Å². The number of hydrogen-bond donors (Lipinski definition) is 1. The normalized spacial score (nSPS) is 15.2. The number of nitrogens with zero attached hydrogens (tertiary/aromatic N) is 1. The molecule has 0 atom stereocenters. The summed E-state index contributed by atoms with van der Waals surface area (Å²) in [4.78, 5) is 11.3. The maximum atomic E-state index is 11.3. The van der Waals surface area contributed by atoms with Crippen LogP contribution in [-0.4, -0.2) is 12.3 Å². The molecule has 1 heterocycles. The van der Waals surface area contributed by atoms with Crippen LogP contribution in [0.4, 0.5) is 5.69 Å². The molecule has 0 unspecified atom stereocenters. The number of hydrogen-bond acceptors (Lipinski definition) is 2. The number of fused-ring (bicyclic) bond motifs is 1. The zero-order valence-electron chi connectivity index (χ0n) is 6.17. The summed E-state index contributed by atoms with van der Waals surface area (Å²) in [6.07, 6.45) is 0. The van der Waals surface area contributed by atoms with Gasteiger partial charge in [-0.2, -0.15) is 0 Å². The van der Waals surface area contributed by atoms with Gasteiger partial charge in [-0.3, -0.25) is 4.79 Å². The number of Topliss-reactive ketones (excluding diaryl/α,β-unsaturated/α-hetero) is 1. The van der Waals surface area contributed by atoms with E-state index in [0.717, 1.165) is 0 Å². The first-order valence-corrected chi connectivity index (χ1v) is 3.91. The fourth-order valence-electron chi connectivity index (χ4n) is 1.12. The maximum absolute atomic E-state index is 11.3. The molecule has 1 aromatic rings. The molecule has 4 heteroatoms. The molecule has 0 spiro atoms. The molecule has 0 bridgehead atoms. The molecule has 0 aromatic heterocycles. The minimum Gasteiger partial charge on any atom is -0.293 e. The van der Waals surface area contributed by atoms with Crippen LogP contribution in [0.25, 0.3) is 0 Å². The molecule has 2 rings (SSSR count). The van der Waals surface area contributed by atoms with Crippen molar-refractivity contribution in [1.82, 2.24) is 10.9 Å². The van der Waals surface area contributed by atoms with Crippen LogP contribution < -0.4 is 10.9 Å². The van der Waals surface area contributed by atoms with Gasteiger partial charge in [0.15, 0.2) is 5.78 Å². The van der Waals surface area contributed by atoms with Crippen molar-refractivity contribution in [3.63, 3.8) is 0 Å². The number of ketones is 1. The lowest BCUT2D eigenvalue weighted by Crippen LogP contribution is -2.33. The zero-order chi connectivity index (χ0) is 8.55. The highest BCUT2D eigenvalue weighted by Gasteiger charge is 2.17. The van der Waals surface area contributed by atoms with Gasteiger partial charge in [0.05, 0.1) is 12.2 Å². The quantitative estimate of drug-likeness (QED) is 0.655. The first kappa shape index (κ1) is 7.58. The van der Waals surface area contributed by atoms with Gasteiger partial charge < -0.3 is 0 Å². The molecule has 1 aromatic carbocycles. The van der Waals surface area contributed by atoms with Crippen molar-refractivity contribution in [1.29, 1.82) is 0 Å². The van der Waals surface area contributed by atoms with Crippen LogP contribution in [-0.2, 0) is 0 Å². The van der Waals surface area contributed by atoms with Crippen molar-refractivity contribution in [2.24, 2.45) is 0 Å². The van der Waals surface area contributed by atoms with E-state index in [1.165, 1.54) is 0 Å². The van der Waals surface area contributed by atoms with E-state index in [9.17, 15) is 4.79 Å². The highest BCUT2D eigenvalue weighted by Crippen LogP contribution is 2.22. The summed E-state index contributed by atoms with van der Waals surface area (Å²) < 4.78 is 0. The highest BCUT2D eigenvalue weighted by atomic mass is 35.5. The number of carbonyl (C=O) groups is 1. The summed E-state index contributed by atoms with van der Waals surface area (Å²) in [5.41, 5.74) is 7.86. The number of rotatable bonds is 0. The minimum absolute atomic E-state index is 0.0301. The van der Waals surface area contributed by atoms with Crippen molar-refractivity contribution in [2.75, 3.05) is 6.54 Å². The summed E-state index contributed by atoms with van der Waals surface area (Å²) in [6.45, 7) is 0.257. The molecule has 1 radical (unpaired) electrons. The van der Waals surface area contributed by atoms with E-state index < -0.39 is 0 Å². The van der Waals surface area contributed by atoms with Crippen LogP contribution in [0.2, 0.25) is 5.02 Å². The molecule has 1 aliphatic heterocycles. The third kappa shape index (κ3) is 1.17. The van der Waals surface area contributed by atoms with E-state index in [4.69, 9.17) is 11.6 Å². The van der Waals surface area contributed by atoms with Gasteiger partial charge in [0.1, 0.15) is 0 Å². The third-order valence-electron chi connectivity index (χ3n) is 1.70. The third-order valence-corrected chi connectivity index (χ3v) is 1.93. The fourth-order valence-corrected chi connectivity index (χ4v) is 1.29. The summed E-state index contributed by atoms with van der Waals surface area (Å²) >= 11 is 5.73. The lowest BCUT2D eigenvalue weighted by Gasteiger charge is -2.14. The van der Waals surface area contributed by atoms with Gasteiger partial charge in [0, 0.05) is 10.6 Å². The van der Waals surface area contributed by atoms with Gasteiger partial charge in [-0.1, -0.05) is 11.6 Å². The predicted octanol–water partition coefficient (Wildman–Crippen LogP) is 1.28. The van der Waals surface area contributed by atoms with Crippen molar-refractivity contribution in [3.05, 3.63) is 28.8 Å². The van der Waals surface area contributed by atoms with Crippen LogP contribution >= 0.6 is 11.6 Å². The monoisotopic (exact) mass is 181 g/mol. The van der Waals surface area contributed by atoms with Crippen LogP contribution in [0, 0.1) is 0 Å². The first-order chi connectivity index (χ1) is 5.77. The molecule has 0 aliphatic carbocycles. The predicted molar refractivity (Wildman–Crippen MR) is 45.6 cm³/mol. The van der Waals surface area contributed by atoms with Crippen LogP contribution in [0.15, 0.2) is 18.2 Å². The van der Waals surface area contributed by atoms with E-state index in [-0.39, 0.29) is 12.3 Å². The Bertz CT molecular complexity index is 338. The minimum atomic E-state index is 0.0301. The van der Waals surface area contributed by atoms with Crippen LogP contribution in [0.3, 0.4) is 0 Å². The lowest BCUT2D eigenvalue weighted by molar-refractivity contribution is 0.0980. The Morgan fingerprint density at radius 1 is 1.50 bits per heavy atom. The first-order valence-electron chi connectivity index (χ1n) is 3.54. The maximum Gasteiger partial charge on any atom is 0.180 e. The van der Waals surface area contributed by atoms with Crippen molar-refractivity contribution >= 4 is 23.1 Å². The highest BCUT2D eigenvalue weighted by molar-refractivity contribution is 6.31. The van der Waals surface area contributed by atoms with Crippen molar-refractivity contribution in [2.45, 2.75) is 0 Å². The largest absolute Gasteiger partial charge is 0.293 e. The van der Waals surface area contributed by atoms with E-state index in [1.807, 2.05) is 0 Å². The zero-order valence-corrected chi connectivity index (χ0v) is 6.93. The smallest absolute Gasteiger partial charge is 0.180 e. The molecule has 3 nitrogen and oxygen atoms in total. The Balaban J connectivity index is 2.54. The van der Waals surface area contributed by atoms with Crippen molar-refractivity contribution < 1.29 is 4.79 Å². The second-order valence-electron chi connectivity index (χ2n) is 2.53. The van der Waals surface area contributed by atoms with Gasteiger partial charge >= 0.3 is 0 Å². The van der Waals surface area contributed by atoms with E-state index >= 15 is 0 Å².